The Morgan fingerprint density at radius 2 is 1.90 bits per heavy atom. The van der Waals surface area contributed by atoms with Crippen LogP contribution in [-0.2, 0) is 4.74 Å². The first-order chi connectivity index (χ1) is 14.0. The molecule has 0 fully saturated rings. The van der Waals surface area contributed by atoms with Crippen molar-refractivity contribution in [1.29, 1.82) is 0 Å². The Kier molecular flexibility index (Phi) is 5.07. The van der Waals surface area contributed by atoms with Crippen LogP contribution in [0.3, 0.4) is 0 Å². The third-order valence-corrected chi connectivity index (χ3v) is 4.97. The summed E-state index contributed by atoms with van der Waals surface area (Å²) in [7, 11) is 1.54. The van der Waals surface area contributed by atoms with Crippen molar-refractivity contribution in [3.63, 3.8) is 0 Å². The van der Waals surface area contributed by atoms with E-state index in [0.29, 0.717) is 19.0 Å². The van der Waals surface area contributed by atoms with Crippen LogP contribution >= 0.6 is 0 Å². The number of amides is 1. The van der Waals surface area contributed by atoms with Gasteiger partial charge in [0.2, 0.25) is 5.76 Å². The number of hydrogen-bond acceptors (Lipinski definition) is 5. The van der Waals surface area contributed by atoms with Crippen LogP contribution in [0.5, 0.6) is 5.75 Å². The van der Waals surface area contributed by atoms with Gasteiger partial charge in [-0.25, -0.2) is 4.39 Å². The molecule has 4 rings (SSSR count). The number of nitrogens with zero attached hydrogens (tertiary/aromatic N) is 1. The van der Waals surface area contributed by atoms with Gasteiger partial charge in [0.05, 0.1) is 30.2 Å². The molecule has 1 aliphatic heterocycles. The van der Waals surface area contributed by atoms with E-state index in [0.717, 1.165) is 11.6 Å². The van der Waals surface area contributed by atoms with Crippen molar-refractivity contribution in [1.82, 2.24) is 4.90 Å². The number of fused-ring (bicyclic) bond motifs is 2. The second kappa shape index (κ2) is 7.67. The van der Waals surface area contributed by atoms with E-state index in [-0.39, 0.29) is 34.7 Å². The van der Waals surface area contributed by atoms with Gasteiger partial charge in [-0.3, -0.25) is 9.59 Å². The van der Waals surface area contributed by atoms with Gasteiger partial charge in [-0.15, -0.1) is 0 Å². The van der Waals surface area contributed by atoms with Gasteiger partial charge in [0.25, 0.3) is 5.91 Å². The Bertz CT molecular complexity index is 1120. The Morgan fingerprint density at radius 1 is 1.14 bits per heavy atom. The number of ether oxygens (including phenoxy) is 2. The molecule has 7 heteroatoms. The lowest BCUT2D eigenvalue weighted by atomic mass is 9.98. The highest BCUT2D eigenvalue weighted by Crippen LogP contribution is 2.38. The minimum atomic E-state index is -0.646. The van der Waals surface area contributed by atoms with E-state index in [1.54, 1.807) is 24.1 Å². The van der Waals surface area contributed by atoms with Gasteiger partial charge in [-0.1, -0.05) is 12.1 Å². The molecule has 1 aromatic heterocycles. The minimum Gasteiger partial charge on any atom is -0.494 e. The summed E-state index contributed by atoms with van der Waals surface area (Å²) in [5.74, 6) is -0.247. The lowest BCUT2D eigenvalue weighted by Crippen LogP contribution is -2.32. The molecule has 2 heterocycles. The molecule has 1 amide bonds. The number of rotatable bonds is 6. The van der Waals surface area contributed by atoms with Crippen LogP contribution < -0.4 is 10.2 Å². The van der Waals surface area contributed by atoms with Gasteiger partial charge in [0, 0.05) is 13.7 Å². The average Bonchev–Trinajstić information content (AvgIpc) is 3.00. The molecule has 1 unspecified atom stereocenters. The lowest BCUT2D eigenvalue weighted by molar-refractivity contribution is 0.0663. The maximum absolute atomic E-state index is 13.7. The first kappa shape index (κ1) is 19.1. The molecule has 0 aliphatic carbocycles. The summed E-state index contributed by atoms with van der Waals surface area (Å²) in [5, 5.41) is 0.112. The molecule has 2 aromatic carbocycles. The Hall–Kier alpha value is -3.19. The number of benzene rings is 2. The highest BCUT2D eigenvalue weighted by molar-refractivity contribution is 5.99. The van der Waals surface area contributed by atoms with Crippen LogP contribution in [0.15, 0.2) is 51.7 Å². The molecule has 150 valence electrons. The molecule has 3 aromatic rings. The quantitative estimate of drug-likeness (QED) is 0.637. The molecule has 0 saturated carbocycles. The van der Waals surface area contributed by atoms with Crippen molar-refractivity contribution in [2.45, 2.75) is 13.0 Å². The zero-order valence-electron chi connectivity index (χ0n) is 16.1. The van der Waals surface area contributed by atoms with Crippen LogP contribution in [0.4, 0.5) is 4.39 Å². The number of halogens is 1. The van der Waals surface area contributed by atoms with E-state index in [1.165, 1.54) is 12.1 Å². The summed E-state index contributed by atoms with van der Waals surface area (Å²) in [4.78, 5) is 27.8. The molecule has 0 spiro atoms. The molecule has 0 bridgehead atoms. The molecule has 29 heavy (non-hydrogen) atoms. The number of methoxy groups -OCH3 is 1. The second-order valence-corrected chi connectivity index (χ2v) is 6.71. The Morgan fingerprint density at radius 3 is 2.59 bits per heavy atom. The zero-order valence-corrected chi connectivity index (χ0v) is 16.1. The summed E-state index contributed by atoms with van der Waals surface area (Å²) >= 11 is 0. The van der Waals surface area contributed by atoms with Crippen LogP contribution in [0, 0.1) is 5.82 Å². The van der Waals surface area contributed by atoms with Crippen molar-refractivity contribution in [2.75, 3.05) is 26.9 Å². The van der Waals surface area contributed by atoms with Gasteiger partial charge < -0.3 is 18.8 Å². The SMILES string of the molecule is CCOc1ccc(C2c3c(oc4ccc(F)cc4c3=O)C(=O)N2CCOC)cc1. The topological polar surface area (TPSA) is 69.0 Å². The summed E-state index contributed by atoms with van der Waals surface area (Å²) in [5.41, 5.74) is 0.725. The first-order valence-corrected chi connectivity index (χ1v) is 9.34. The number of hydrogen-bond donors (Lipinski definition) is 0. The normalized spacial score (nSPS) is 15.8. The van der Waals surface area contributed by atoms with Gasteiger partial charge in [-0.2, -0.15) is 0 Å². The largest absolute Gasteiger partial charge is 0.494 e. The smallest absolute Gasteiger partial charge is 0.290 e. The molecule has 0 N–H and O–H groups in total. The van der Waals surface area contributed by atoms with E-state index in [4.69, 9.17) is 13.9 Å². The van der Waals surface area contributed by atoms with Gasteiger partial charge in [0.1, 0.15) is 17.1 Å². The average molecular weight is 397 g/mol. The van der Waals surface area contributed by atoms with E-state index in [1.807, 2.05) is 19.1 Å². The van der Waals surface area contributed by atoms with Crippen LogP contribution in [0.25, 0.3) is 11.0 Å². The zero-order chi connectivity index (χ0) is 20.5. The van der Waals surface area contributed by atoms with E-state index in [2.05, 4.69) is 0 Å². The standard InChI is InChI=1S/C22H20FNO5/c1-3-28-15-7-4-13(5-8-15)19-18-20(25)16-12-14(23)6-9-17(16)29-21(18)22(26)24(19)10-11-27-2/h4-9,12,19H,3,10-11H2,1-2H3. The first-order valence-electron chi connectivity index (χ1n) is 9.34. The summed E-state index contributed by atoms with van der Waals surface area (Å²) < 4.78 is 30.1. The molecular weight excluding hydrogens is 377 g/mol. The third-order valence-electron chi connectivity index (χ3n) is 4.97. The second-order valence-electron chi connectivity index (χ2n) is 6.71. The third kappa shape index (κ3) is 3.27. The van der Waals surface area contributed by atoms with Gasteiger partial charge >= 0.3 is 0 Å². The fourth-order valence-electron chi connectivity index (χ4n) is 3.67. The van der Waals surface area contributed by atoms with Crippen LogP contribution in [-0.4, -0.2) is 37.7 Å². The molecule has 6 nitrogen and oxygen atoms in total. The maximum atomic E-state index is 13.7. The molecule has 1 atom stereocenters. The van der Waals surface area contributed by atoms with Gasteiger partial charge in [-0.05, 0) is 42.8 Å². The monoisotopic (exact) mass is 397 g/mol. The van der Waals surface area contributed by atoms with Crippen molar-refractivity contribution in [3.05, 3.63) is 75.4 Å². The predicted octanol–water partition coefficient (Wildman–Crippen LogP) is 3.52. The molecule has 0 radical (unpaired) electrons. The fraction of sp³-hybridized carbons (Fsp3) is 0.273. The molecule has 1 aliphatic rings. The number of carbonyl (C=O) groups excluding carboxylic acids is 1. The summed E-state index contributed by atoms with van der Waals surface area (Å²) in [6.07, 6.45) is 0. The highest BCUT2D eigenvalue weighted by atomic mass is 19.1. The maximum Gasteiger partial charge on any atom is 0.290 e. The lowest BCUT2D eigenvalue weighted by Gasteiger charge is -2.25. The van der Waals surface area contributed by atoms with Crippen LogP contribution in [0.1, 0.15) is 34.6 Å². The van der Waals surface area contributed by atoms with E-state index < -0.39 is 17.3 Å². The van der Waals surface area contributed by atoms with Crippen molar-refractivity contribution in [2.24, 2.45) is 0 Å². The van der Waals surface area contributed by atoms with E-state index in [9.17, 15) is 14.0 Å². The van der Waals surface area contributed by atoms with E-state index >= 15 is 0 Å². The summed E-state index contributed by atoms with van der Waals surface area (Å²) in [6.45, 7) is 3.00. The highest BCUT2D eigenvalue weighted by Gasteiger charge is 2.42. The van der Waals surface area contributed by atoms with Crippen LogP contribution in [0.2, 0.25) is 0 Å². The molecule has 0 saturated heterocycles. The predicted molar refractivity (Wildman–Crippen MR) is 105 cm³/mol. The summed E-state index contributed by atoms with van der Waals surface area (Å²) in [6, 6.07) is 10.3. The Balaban J connectivity index is 1.90. The fourth-order valence-corrected chi connectivity index (χ4v) is 3.67. The van der Waals surface area contributed by atoms with Gasteiger partial charge in [0.15, 0.2) is 5.43 Å². The van der Waals surface area contributed by atoms with Crippen molar-refractivity contribution < 1.29 is 23.1 Å². The molecular formula is C22H20FNO5. The van der Waals surface area contributed by atoms with Crippen molar-refractivity contribution in [3.8, 4) is 5.75 Å². The minimum absolute atomic E-state index is 0.0101. The van der Waals surface area contributed by atoms with Crippen molar-refractivity contribution >= 4 is 16.9 Å². The number of carbonyl (C=O) groups is 1. The Labute approximate surface area is 166 Å².